The van der Waals surface area contributed by atoms with Crippen LogP contribution < -0.4 is 10.2 Å². The second kappa shape index (κ2) is 24.1. The van der Waals surface area contributed by atoms with Gasteiger partial charge in [0.1, 0.15) is 12.7 Å². The standard InChI is InChI=1S/C36H51N6O11P/c1-4-41(30-16-14-29(15-17-30)38-39-34-18-19-35(42(45)46)33-12-6-5-11-32(33)34)21-25-51-40-28(2)10-7-13-36(44)37-20-8-23-50-27-31(26-49-3)53-54(47,48)52-24-9-22-43/h5-6,11-12,14-19,31,43H,4,7-10,13,20-27H2,1-3H3,(H,37,44)(H,47,48). The number of nitro groups is 1. The molecule has 0 fully saturated rings. The molecule has 0 aliphatic carbocycles. The number of nitrogens with zero attached hydrogens (tertiary/aromatic N) is 5. The minimum atomic E-state index is -4.31. The summed E-state index contributed by atoms with van der Waals surface area (Å²) in [6, 6.07) is 17.7. The van der Waals surface area contributed by atoms with E-state index in [0.717, 1.165) is 17.9 Å². The van der Waals surface area contributed by atoms with Gasteiger partial charge in [0.05, 0.1) is 53.8 Å². The second-order valence-corrected chi connectivity index (χ2v) is 13.5. The monoisotopic (exact) mass is 774 g/mol. The minimum Gasteiger partial charge on any atom is -0.396 e. The summed E-state index contributed by atoms with van der Waals surface area (Å²) in [6.07, 6.45) is 1.48. The van der Waals surface area contributed by atoms with Gasteiger partial charge in [-0.05, 0) is 75.9 Å². The summed E-state index contributed by atoms with van der Waals surface area (Å²) < 4.78 is 32.4. The number of aliphatic hydroxyl groups is 1. The number of ether oxygens (including phenoxy) is 2. The highest BCUT2D eigenvalue weighted by atomic mass is 31.2. The number of phosphoric acid groups is 1. The Labute approximate surface area is 315 Å². The predicted octanol–water partition coefficient (Wildman–Crippen LogP) is 6.61. The van der Waals surface area contributed by atoms with Gasteiger partial charge in [-0.15, -0.1) is 5.11 Å². The van der Waals surface area contributed by atoms with Gasteiger partial charge in [-0.2, -0.15) is 5.11 Å². The van der Waals surface area contributed by atoms with E-state index < -0.39 is 18.8 Å². The number of nitro benzene ring substituents is 1. The molecule has 2 atom stereocenters. The van der Waals surface area contributed by atoms with Gasteiger partial charge in [-0.1, -0.05) is 23.4 Å². The number of amides is 1. The molecular weight excluding hydrogens is 723 g/mol. The molecule has 2 unspecified atom stereocenters. The number of hydrogen-bond donors (Lipinski definition) is 3. The Kier molecular flexibility index (Phi) is 19.7. The third-order valence-electron chi connectivity index (χ3n) is 7.84. The number of anilines is 1. The Balaban J connectivity index is 1.31. The van der Waals surface area contributed by atoms with E-state index in [1.807, 2.05) is 44.2 Å². The SMILES string of the molecule is CCN(CCON=C(C)CCCC(=O)NCCCOCC(COC)OP(=O)(O)OCCCO)c1ccc(N=Nc2ccc([N+](=O)[O-])c3ccccc23)cc1. The summed E-state index contributed by atoms with van der Waals surface area (Å²) in [6.45, 7) is 6.08. The zero-order chi connectivity index (χ0) is 39.2. The smallest absolute Gasteiger partial charge is 0.396 e. The molecule has 0 radical (unpaired) electrons. The molecule has 0 aromatic heterocycles. The number of hydrogen-bond acceptors (Lipinski definition) is 14. The van der Waals surface area contributed by atoms with Crippen molar-refractivity contribution in [1.29, 1.82) is 0 Å². The number of carbonyl (C=O) groups is 1. The van der Waals surface area contributed by atoms with Gasteiger partial charge in [0.2, 0.25) is 5.91 Å². The van der Waals surface area contributed by atoms with Crippen molar-refractivity contribution in [2.45, 2.75) is 52.1 Å². The fourth-order valence-corrected chi connectivity index (χ4v) is 6.06. The highest BCUT2D eigenvalue weighted by molar-refractivity contribution is 7.47. The summed E-state index contributed by atoms with van der Waals surface area (Å²) in [5.74, 6) is -0.0866. The van der Waals surface area contributed by atoms with Crippen LogP contribution in [-0.2, 0) is 32.7 Å². The number of benzene rings is 3. The first-order chi connectivity index (χ1) is 26.1. The summed E-state index contributed by atoms with van der Waals surface area (Å²) in [5.41, 5.74) is 2.99. The number of likely N-dealkylation sites (N-methyl/N-ethyl adjacent to an activating group) is 1. The molecule has 3 rings (SSSR count). The van der Waals surface area contributed by atoms with E-state index in [1.165, 1.54) is 13.2 Å². The zero-order valence-electron chi connectivity index (χ0n) is 31.0. The van der Waals surface area contributed by atoms with Gasteiger partial charge >= 0.3 is 7.82 Å². The van der Waals surface area contributed by atoms with Gasteiger partial charge in [-0.25, -0.2) is 4.57 Å². The van der Waals surface area contributed by atoms with E-state index >= 15 is 0 Å². The first-order valence-corrected chi connectivity index (χ1v) is 19.2. The molecule has 17 nitrogen and oxygen atoms in total. The fraction of sp³-hybridized carbons (Fsp3) is 0.500. The molecule has 1 amide bonds. The van der Waals surface area contributed by atoms with E-state index in [0.29, 0.717) is 74.1 Å². The number of fused-ring (bicyclic) bond motifs is 1. The van der Waals surface area contributed by atoms with Crippen LogP contribution in [0, 0.1) is 10.1 Å². The molecule has 0 saturated carbocycles. The van der Waals surface area contributed by atoms with Crippen LogP contribution in [0.3, 0.4) is 0 Å². The molecular formula is C36H51N6O11P. The van der Waals surface area contributed by atoms with Crippen molar-refractivity contribution in [2.24, 2.45) is 15.4 Å². The summed E-state index contributed by atoms with van der Waals surface area (Å²) >= 11 is 0. The van der Waals surface area contributed by atoms with Gasteiger partial charge < -0.3 is 34.5 Å². The number of azo groups is 1. The van der Waals surface area contributed by atoms with Crippen molar-refractivity contribution < 1.29 is 47.6 Å². The molecule has 3 N–H and O–H groups in total. The van der Waals surface area contributed by atoms with Crippen LogP contribution in [-0.4, -0.2) is 99.0 Å². The number of aliphatic hydroxyl groups excluding tert-OH is 1. The summed E-state index contributed by atoms with van der Waals surface area (Å²) in [4.78, 5) is 40.7. The van der Waals surface area contributed by atoms with Crippen LogP contribution in [0.2, 0.25) is 0 Å². The molecule has 0 heterocycles. The molecule has 3 aromatic carbocycles. The first kappa shape index (κ1) is 44.0. The van der Waals surface area contributed by atoms with E-state index in [1.54, 1.807) is 24.3 Å². The summed E-state index contributed by atoms with van der Waals surface area (Å²) in [7, 11) is -2.88. The maximum atomic E-state index is 12.2. The maximum Gasteiger partial charge on any atom is 0.472 e. The second-order valence-electron chi connectivity index (χ2n) is 12.1. The van der Waals surface area contributed by atoms with Crippen molar-refractivity contribution in [1.82, 2.24) is 5.32 Å². The Morgan fingerprint density at radius 2 is 1.74 bits per heavy atom. The molecule has 0 bridgehead atoms. The largest absolute Gasteiger partial charge is 0.472 e. The van der Waals surface area contributed by atoms with Gasteiger partial charge in [-0.3, -0.25) is 24.0 Å². The van der Waals surface area contributed by atoms with Crippen LogP contribution in [0.5, 0.6) is 0 Å². The molecule has 0 aliphatic rings. The van der Waals surface area contributed by atoms with Gasteiger partial charge in [0.15, 0.2) is 0 Å². The van der Waals surface area contributed by atoms with Crippen molar-refractivity contribution in [3.63, 3.8) is 0 Å². The summed E-state index contributed by atoms with van der Waals surface area (Å²) in [5, 5.41) is 37.1. The molecule has 18 heteroatoms. The van der Waals surface area contributed by atoms with Crippen LogP contribution in [0.1, 0.15) is 46.0 Å². The third-order valence-corrected chi connectivity index (χ3v) is 8.92. The Bertz CT molecular complexity index is 1710. The average Bonchev–Trinajstić information content (AvgIpc) is 3.15. The lowest BCUT2D eigenvalue weighted by atomic mass is 10.1. The lowest BCUT2D eigenvalue weighted by Crippen LogP contribution is -2.27. The van der Waals surface area contributed by atoms with E-state index in [-0.39, 0.29) is 44.4 Å². The lowest BCUT2D eigenvalue weighted by molar-refractivity contribution is -0.383. The Morgan fingerprint density at radius 3 is 2.44 bits per heavy atom. The predicted molar refractivity (Wildman–Crippen MR) is 205 cm³/mol. The number of phosphoric ester groups is 1. The van der Waals surface area contributed by atoms with Crippen LogP contribution in [0.4, 0.5) is 22.7 Å². The van der Waals surface area contributed by atoms with Gasteiger partial charge in [0.25, 0.3) is 5.69 Å². The Hall–Kier alpha value is -4.35. The molecule has 54 heavy (non-hydrogen) atoms. The number of oxime groups is 1. The highest BCUT2D eigenvalue weighted by Gasteiger charge is 2.26. The molecule has 296 valence electrons. The number of rotatable bonds is 27. The maximum absolute atomic E-state index is 12.2. The van der Waals surface area contributed by atoms with Crippen molar-refractivity contribution in [3.8, 4) is 0 Å². The van der Waals surface area contributed by atoms with Gasteiger partial charge in [0, 0.05) is 57.0 Å². The third kappa shape index (κ3) is 15.9. The molecule has 3 aromatic rings. The van der Waals surface area contributed by atoms with E-state index in [4.69, 9.17) is 28.5 Å². The van der Waals surface area contributed by atoms with Crippen LogP contribution in [0.25, 0.3) is 10.8 Å². The first-order valence-electron chi connectivity index (χ1n) is 17.7. The molecule has 0 spiro atoms. The molecule has 0 aliphatic heterocycles. The number of non-ortho nitro benzene ring substituents is 1. The minimum absolute atomic E-state index is 0.000760. The highest BCUT2D eigenvalue weighted by Crippen LogP contribution is 2.44. The normalized spacial score (nSPS) is 13.5. The van der Waals surface area contributed by atoms with Crippen LogP contribution >= 0.6 is 7.82 Å². The fourth-order valence-electron chi connectivity index (χ4n) is 5.15. The Morgan fingerprint density at radius 1 is 0.981 bits per heavy atom. The number of carbonyl (C=O) groups excluding carboxylic acids is 1. The lowest BCUT2D eigenvalue weighted by Gasteiger charge is -2.22. The zero-order valence-corrected chi connectivity index (χ0v) is 31.9. The van der Waals surface area contributed by atoms with Crippen molar-refractivity contribution in [3.05, 3.63) is 70.8 Å². The quantitative estimate of drug-likeness (QED) is 0.0186. The van der Waals surface area contributed by atoms with E-state index in [9.17, 15) is 24.4 Å². The topological polar surface area (TPSA) is 216 Å². The number of nitrogens with one attached hydrogen (secondary N) is 1. The van der Waals surface area contributed by atoms with Crippen molar-refractivity contribution in [2.75, 3.05) is 71.3 Å². The molecule has 0 saturated heterocycles. The number of methoxy groups -OCH3 is 1. The van der Waals surface area contributed by atoms with Crippen molar-refractivity contribution >= 4 is 53.0 Å². The van der Waals surface area contributed by atoms with E-state index in [2.05, 4.69) is 25.6 Å². The van der Waals surface area contributed by atoms with Crippen LogP contribution in [0.15, 0.2) is 76.0 Å². The average molecular weight is 775 g/mol.